The molecule has 1 aromatic carbocycles. The molecule has 0 aliphatic carbocycles. The summed E-state index contributed by atoms with van der Waals surface area (Å²) in [7, 11) is 1.59. The number of nitrogens with zero attached hydrogens (tertiary/aromatic N) is 4. The Morgan fingerprint density at radius 2 is 1.61 bits per heavy atom. The Morgan fingerprint density at radius 3 is 2.36 bits per heavy atom. The highest BCUT2D eigenvalue weighted by molar-refractivity contribution is 6.00. The van der Waals surface area contributed by atoms with Crippen molar-refractivity contribution in [1.29, 1.82) is 0 Å². The highest BCUT2D eigenvalue weighted by atomic mass is 16.5. The van der Waals surface area contributed by atoms with E-state index < -0.39 is 0 Å². The predicted octanol–water partition coefficient (Wildman–Crippen LogP) is 3.99. The lowest BCUT2D eigenvalue weighted by Gasteiger charge is -2.32. The molecule has 0 bridgehead atoms. The third-order valence-corrected chi connectivity index (χ3v) is 7.01. The Morgan fingerprint density at radius 1 is 0.909 bits per heavy atom. The maximum absolute atomic E-state index is 13.1. The maximum Gasteiger partial charge on any atom is 0.257 e. The third-order valence-electron chi connectivity index (χ3n) is 7.01. The van der Waals surface area contributed by atoms with E-state index in [-0.39, 0.29) is 11.8 Å². The van der Waals surface area contributed by atoms with Crippen molar-refractivity contribution in [3.8, 4) is 5.75 Å². The number of benzene rings is 1. The van der Waals surface area contributed by atoms with Gasteiger partial charge in [0.2, 0.25) is 0 Å². The van der Waals surface area contributed by atoms with E-state index in [0.29, 0.717) is 35.9 Å². The van der Waals surface area contributed by atoms with Gasteiger partial charge < -0.3 is 14.5 Å². The highest BCUT2D eigenvalue weighted by Crippen LogP contribution is 2.31. The second-order valence-corrected chi connectivity index (χ2v) is 8.97. The summed E-state index contributed by atoms with van der Waals surface area (Å²) in [6.45, 7) is 3.06. The number of likely N-dealkylation sites (tertiary alicyclic amines) is 2. The summed E-state index contributed by atoms with van der Waals surface area (Å²) in [5.74, 6) is 1.07. The maximum atomic E-state index is 13.1. The summed E-state index contributed by atoms with van der Waals surface area (Å²) in [5, 5.41) is 4.41. The quantitative estimate of drug-likeness (QED) is 0.608. The molecule has 4 heterocycles. The van der Waals surface area contributed by atoms with Crippen LogP contribution >= 0.6 is 0 Å². The van der Waals surface area contributed by atoms with E-state index in [1.54, 1.807) is 17.8 Å². The number of aromatic nitrogens is 2. The molecular formula is C26H30N4O3. The van der Waals surface area contributed by atoms with Gasteiger partial charge in [0.15, 0.2) is 0 Å². The van der Waals surface area contributed by atoms with E-state index in [4.69, 9.17) is 4.74 Å². The molecule has 0 atom stereocenters. The second kappa shape index (κ2) is 9.25. The van der Waals surface area contributed by atoms with Gasteiger partial charge in [0, 0.05) is 32.4 Å². The molecular weight excluding hydrogens is 416 g/mol. The fourth-order valence-corrected chi connectivity index (χ4v) is 5.09. The minimum absolute atomic E-state index is 0.0200. The molecule has 0 spiro atoms. The van der Waals surface area contributed by atoms with Gasteiger partial charge in [-0.25, -0.2) is 4.52 Å². The Hall–Kier alpha value is -3.35. The van der Waals surface area contributed by atoms with E-state index in [2.05, 4.69) is 17.2 Å². The number of amides is 2. The highest BCUT2D eigenvalue weighted by Gasteiger charge is 2.27. The van der Waals surface area contributed by atoms with Gasteiger partial charge in [0.1, 0.15) is 5.75 Å². The van der Waals surface area contributed by atoms with Crippen molar-refractivity contribution in [3.05, 3.63) is 65.5 Å². The predicted molar refractivity (Wildman–Crippen MR) is 126 cm³/mol. The average molecular weight is 447 g/mol. The molecule has 0 radical (unpaired) electrons. The van der Waals surface area contributed by atoms with Crippen LogP contribution in [0.5, 0.6) is 5.75 Å². The molecule has 3 aromatic rings. The minimum Gasteiger partial charge on any atom is -0.496 e. The van der Waals surface area contributed by atoms with Crippen LogP contribution < -0.4 is 4.74 Å². The summed E-state index contributed by atoms with van der Waals surface area (Å²) < 4.78 is 7.16. The van der Waals surface area contributed by atoms with Crippen molar-refractivity contribution in [2.45, 2.75) is 38.0 Å². The smallest absolute Gasteiger partial charge is 0.257 e. The van der Waals surface area contributed by atoms with Crippen LogP contribution in [-0.4, -0.2) is 64.5 Å². The first-order chi connectivity index (χ1) is 16.2. The Bertz CT molecular complexity index is 1160. The molecule has 7 heteroatoms. The fraction of sp³-hybridized carbons (Fsp3) is 0.423. The molecule has 7 nitrogen and oxygen atoms in total. The molecule has 172 valence electrons. The molecule has 5 rings (SSSR count). The standard InChI is InChI=1S/C26H30N4O3/c1-33-24-8-4-3-7-21(24)25(31)29-14-9-19(10-15-29)20-11-16-30-23(17-20)22(18-27-30)26(32)28-12-5-2-6-13-28/h3-4,7-8,11,16-19H,2,5-6,9-10,12-15H2,1H3. The van der Waals surface area contributed by atoms with E-state index >= 15 is 0 Å². The zero-order valence-corrected chi connectivity index (χ0v) is 19.1. The van der Waals surface area contributed by atoms with Crippen molar-refractivity contribution >= 4 is 17.3 Å². The number of para-hydroxylation sites is 1. The van der Waals surface area contributed by atoms with E-state index in [9.17, 15) is 9.59 Å². The van der Waals surface area contributed by atoms with E-state index in [0.717, 1.165) is 44.3 Å². The Kier molecular flexibility index (Phi) is 6.03. The number of pyridine rings is 1. The number of carbonyl (C=O) groups is 2. The number of methoxy groups -OCH3 is 1. The number of rotatable bonds is 4. The zero-order chi connectivity index (χ0) is 22.8. The second-order valence-electron chi connectivity index (χ2n) is 8.97. The van der Waals surface area contributed by atoms with Crippen LogP contribution in [0.3, 0.4) is 0 Å². The lowest BCUT2D eigenvalue weighted by atomic mass is 9.89. The lowest BCUT2D eigenvalue weighted by molar-refractivity contribution is 0.0706. The van der Waals surface area contributed by atoms with Crippen LogP contribution in [0.4, 0.5) is 0 Å². The average Bonchev–Trinajstić information content (AvgIpc) is 3.31. The summed E-state index contributed by atoms with van der Waals surface area (Å²) in [6, 6.07) is 11.6. The van der Waals surface area contributed by atoms with Gasteiger partial charge in [-0.05, 0) is 67.9 Å². The van der Waals surface area contributed by atoms with E-state index in [1.807, 2.05) is 40.3 Å². The van der Waals surface area contributed by atoms with Crippen LogP contribution in [-0.2, 0) is 0 Å². The van der Waals surface area contributed by atoms with Crippen LogP contribution in [0.25, 0.3) is 5.52 Å². The number of fused-ring (bicyclic) bond motifs is 1. The van der Waals surface area contributed by atoms with Crippen LogP contribution in [0.15, 0.2) is 48.8 Å². The largest absolute Gasteiger partial charge is 0.496 e. The lowest BCUT2D eigenvalue weighted by Crippen LogP contribution is -2.38. The molecule has 0 unspecified atom stereocenters. The minimum atomic E-state index is 0.0200. The molecule has 0 N–H and O–H groups in total. The van der Waals surface area contributed by atoms with Crippen molar-refractivity contribution in [3.63, 3.8) is 0 Å². The molecule has 2 fully saturated rings. The van der Waals surface area contributed by atoms with Crippen molar-refractivity contribution in [2.75, 3.05) is 33.3 Å². The first kappa shape index (κ1) is 21.5. The summed E-state index contributed by atoms with van der Waals surface area (Å²) in [4.78, 5) is 30.0. The van der Waals surface area contributed by atoms with Crippen LogP contribution in [0, 0.1) is 0 Å². The van der Waals surface area contributed by atoms with Gasteiger partial charge in [-0.3, -0.25) is 9.59 Å². The molecule has 2 aliphatic rings. The van der Waals surface area contributed by atoms with Gasteiger partial charge in [0.25, 0.3) is 11.8 Å². The zero-order valence-electron chi connectivity index (χ0n) is 19.1. The topological polar surface area (TPSA) is 67.2 Å². The van der Waals surface area contributed by atoms with Gasteiger partial charge in [-0.1, -0.05) is 12.1 Å². The fourth-order valence-electron chi connectivity index (χ4n) is 5.09. The van der Waals surface area contributed by atoms with E-state index in [1.165, 1.54) is 12.0 Å². The van der Waals surface area contributed by atoms with Crippen LogP contribution in [0.2, 0.25) is 0 Å². The van der Waals surface area contributed by atoms with Gasteiger partial charge in [-0.15, -0.1) is 0 Å². The SMILES string of the molecule is COc1ccccc1C(=O)N1CCC(c2ccn3ncc(C(=O)N4CCCCC4)c3c2)CC1. The normalized spacial score (nSPS) is 17.4. The van der Waals surface area contributed by atoms with Gasteiger partial charge in [0.05, 0.1) is 30.0 Å². The van der Waals surface area contributed by atoms with Crippen molar-refractivity contribution < 1.29 is 14.3 Å². The monoisotopic (exact) mass is 446 g/mol. The molecule has 33 heavy (non-hydrogen) atoms. The molecule has 0 saturated carbocycles. The first-order valence-electron chi connectivity index (χ1n) is 11.8. The van der Waals surface area contributed by atoms with Gasteiger partial charge in [-0.2, -0.15) is 5.10 Å². The van der Waals surface area contributed by atoms with Crippen LogP contribution in [0.1, 0.15) is 64.3 Å². The van der Waals surface area contributed by atoms with Crippen molar-refractivity contribution in [1.82, 2.24) is 19.4 Å². The Labute approximate surface area is 193 Å². The summed E-state index contributed by atoms with van der Waals surface area (Å²) in [6.07, 6.45) is 8.77. The molecule has 2 amide bonds. The molecule has 2 aliphatic heterocycles. The van der Waals surface area contributed by atoms with Gasteiger partial charge >= 0.3 is 0 Å². The number of hydrogen-bond acceptors (Lipinski definition) is 4. The number of piperidine rings is 2. The summed E-state index contributed by atoms with van der Waals surface area (Å²) in [5.41, 5.74) is 3.37. The summed E-state index contributed by atoms with van der Waals surface area (Å²) >= 11 is 0. The number of hydrogen-bond donors (Lipinski definition) is 0. The van der Waals surface area contributed by atoms with Crippen molar-refractivity contribution in [2.24, 2.45) is 0 Å². The first-order valence-corrected chi connectivity index (χ1v) is 11.8. The molecule has 2 saturated heterocycles. The molecule has 2 aromatic heterocycles. The Balaban J connectivity index is 1.30. The number of carbonyl (C=O) groups excluding carboxylic acids is 2. The third kappa shape index (κ3) is 4.19. The number of ether oxygens (including phenoxy) is 1.